The Morgan fingerprint density at radius 2 is 1.73 bits per heavy atom. The minimum atomic E-state index is 0.605. The van der Waals surface area contributed by atoms with Crippen LogP contribution in [0.5, 0.6) is 17.2 Å². The molecule has 0 aliphatic carbocycles. The number of anilines is 1. The van der Waals surface area contributed by atoms with Crippen molar-refractivity contribution in [2.75, 3.05) is 38.8 Å². The average Bonchev–Trinajstić information content (AvgIpc) is 3.21. The van der Waals surface area contributed by atoms with Crippen molar-refractivity contribution >= 4 is 17.6 Å². The molecule has 0 amide bonds. The van der Waals surface area contributed by atoms with Gasteiger partial charge in [0.15, 0.2) is 0 Å². The molecule has 1 aliphatic heterocycles. The van der Waals surface area contributed by atoms with E-state index in [1.54, 1.807) is 20.4 Å². The fourth-order valence-corrected chi connectivity index (χ4v) is 3.19. The van der Waals surface area contributed by atoms with Gasteiger partial charge in [-0.2, -0.15) is 0 Å². The second kappa shape index (κ2) is 8.61. The van der Waals surface area contributed by atoms with Crippen molar-refractivity contribution in [3.05, 3.63) is 42.0 Å². The van der Waals surface area contributed by atoms with Crippen molar-refractivity contribution in [2.24, 2.45) is 4.99 Å². The molecule has 0 aromatic heterocycles. The summed E-state index contributed by atoms with van der Waals surface area (Å²) < 4.78 is 16.9. The summed E-state index contributed by atoms with van der Waals surface area (Å²) in [5, 5.41) is 0. The molecule has 0 N–H and O–H groups in total. The van der Waals surface area contributed by atoms with E-state index in [2.05, 4.69) is 9.89 Å². The van der Waals surface area contributed by atoms with Gasteiger partial charge in [0, 0.05) is 30.9 Å². The molecule has 0 radical (unpaired) electrons. The maximum absolute atomic E-state index is 5.64. The van der Waals surface area contributed by atoms with Gasteiger partial charge in [-0.3, -0.25) is 4.99 Å². The van der Waals surface area contributed by atoms with Crippen LogP contribution in [0.4, 0.5) is 11.4 Å². The molecule has 1 aliphatic rings. The molecule has 138 valence electrons. The largest absolute Gasteiger partial charge is 0.496 e. The number of hydrogen-bond acceptors (Lipinski definition) is 5. The van der Waals surface area contributed by atoms with Gasteiger partial charge < -0.3 is 19.1 Å². The van der Waals surface area contributed by atoms with E-state index >= 15 is 0 Å². The Morgan fingerprint density at radius 1 is 1.00 bits per heavy atom. The maximum Gasteiger partial charge on any atom is 0.144 e. The fraction of sp³-hybridized carbons (Fsp3) is 0.381. The highest BCUT2D eigenvalue weighted by atomic mass is 16.5. The van der Waals surface area contributed by atoms with E-state index in [1.807, 2.05) is 43.3 Å². The van der Waals surface area contributed by atoms with Gasteiger partial charge in [-0.15, -0.1) is 0 Å². The summed E-state index contributed by atoms with van der Waals surface area (Å²) in [6.07, 6.45) is 4.22. The van der Waals surface area contributed by atoms with Crippen LogP contribution in [0.3, 0.4) is 0 Å². The van der Waals surface area contributed by atoms with E-state index in [0.29, 0.717) is 6.61 Å². The highest BCUT2D eigenvalue weighted by molar-refractivity contribution is 5.88. The van der Waals surface area contributed by atoms with Crippen LogP contribution >= 0.6 is 0 Å². The Hall–Kier alpha value is -2.69. The molecule has 3 rings (SSSR count). The monoisotopic (exact) mass is 354 g/mol. The van der Waals surface area contributed by atoms with E-state index in [9.17, 15) is 0 Å². The number of benzene rings is 2. The molecule has 0 unspecified atom stereocenters. The first-order valence-electron chi connectivity index (χ1n) is 9.03. The Labute approximate surface area is 155 Å². The van der Waals surface area contributed by atoms with Gasteiger partial charge in [-0.1, -0.05) is 12.1 Å². The van der Waals surface area contributed by atoms with E-state index in [-0.39, 0.29) is 0 Å². The summed E-state index contributed by atoms with van der Waals surface area (Å²) >= 11 is 0. The zero-order chi connectivity index (χ0) is 18.4. The number of hydrogen-bond donors (Lipinski definition) is 0. The molecule has 1 fully saturated rings. The fourth-order valence-electron chi connectivity index (χ4n) is 3.19. The highest BCUT2D eigenvalue weighted by Crippen LogP contribution is 2.37. The van der Waals surface area contributed by atoms with Crippen molar-refractivity contribution in [2.45, 2.75) is 19.8 Å². The van der Waals surface area contributed by atoms with E-state index < -0.39 is 0 Å². The number of nitrogens with zero attached hydrogens (tertiary/aromatic N) is 2. The predicted octanol–water partition coefficient (Wildman–Crippen LogP) is 4.45. The quantitative estimate of drug-likeness (QED) is 0.689. The molecule has 0 saturated carbocycles. The van der Waals surface area contributed by atoms with Gasteiger partial charge in [-0.25, -0.2) is 0 Å². The van der Waals surface area contributed by atoms with Crippen LogP contribution in [0.15, 0.2) is 41.4 Å². The first kappa shape index (κ1) is 18.1. The molecule has 0 spiro atoms. The molecule has 2 aromatic rings. The van der Waals surface area contributed by atoms with Crippen LogP contribution in [-0.2, 0) is 0 Å². The summed E-state index contributed by atoms with van der Waals surface area (Å²) in [6, 6.07) is 11.8. The third-order valence-corrected chi connectivity index (χ3v) is 4.49. The third kappa shape index (κ3) is 3.93. The lowest BCUT2D eigenvalue weighted by Crippen LogP contribution is -2.18. The molecule has 1 heterocycles. The standard InChI is InChI=1S/C21H26N2O3/c1-4-26-19-10-6-5-9-17(19)22-15-16-13-21(25-3)18(14-20(16)24-2)23-11-7-8-12-23/h5-6,9-10,13-15H,4,7-8,11-12H2,1-3H3. The Morgan fingerprint density at radius 3 is 2.42 bits per heavy atom. The van der Waals surface area contributed by atoms with Gasteiger partial charge >= 0.3 is 0 Å². The van der Waals surface area contributed by atoms with Gasteiger partial charge in [-0.05, 0) is 38.0 Å². The minimum absolute atomic E-state index is 0.605. The number of methoxy groups -OCH3 is 2. The number of para-hydroxylation sites is 2. The molecule has 2 aromatic carbocycles. The molecule has 5 heteroatoms. The zero-order valence-corrected chi connectivity index (χ0v) is 15.7. The van der Waals surface area contributed by atoms with Crippen molar-refractivity contribution in [1.82, 2.24) is 0 Å². The molecule has 0 atom stereocenters. The summed E-state index contributed by atoms with van der Waals surface area (Å²) in [5.74, 6) is 2.39. The SMILES string of the molecule is CCOc1ccccc1N=Cc1cc(OC)c(N2CCCC2)cc1OC. The van der Waals surface area contributed by atoms with Crippen molar-refractivity contribution in [1.29, 1.82) is 0 Å². The first-order chi connectivity index (χ1) is 12.8. The minimum Gasteiger partial charge on any atom is -0.496 e. The average molecular weight is 354 g/mol. The number of rotatable bonds is 7. The van der Waals surface area contributed by atoms with Crippen LogP contribution in [0.1, 0.15) is 25.3 Å². The first-order valence-corrected chi connectivity index (χ1v) is 9.03. The van der Waals surface area contributed by atoms with Crippen molar-refractivity contribution < 1.29 is 14.2 Å². The van der Waals surface area contributed by atoms with Crippen LogP contribution < -0.4 is 19.1 Å². The van der Waals surface area contributed by atoms with Crippen LogP contribution in [0.2, 0.25) is 0 Å². The van der Waals surface area contributed by atoms with Gasteiger partial charge in [0.1, 0.15) is 22.9 Å². The smallest absolute Gasteiger partial charge is 0.144 e. The highest BCUT2D eigenvalue weighted by Gasteiger charge is 2.19. The van der Waals surface area contributed by atoms with E-state index in [1.165, 1.54) is 12.8 Å². The van der Waals surface area contributed by atoms with E-state index in [4.69, 9.17) is 14.2 Å². The molecule has 0 bridgehead atoms. The lowest BCUT2D eigenvalue weighted by atomic mass is 10.1. The second-order valence-electron chi connectivity index (χ2n) is 6.12. The van der Waals surface area contributed by atoms with Crippen LogP contribution in [0, 0.1) is 0 Å². The molecule has 26 heavy (non-hydrogen) atoms. The van der Waals surface area contributed by atoms with Crippen LogP contribution in [0.25, 0.3) is 0 Å². The van der Waals surface area contributed by atoms with Crippen LogP contribution in [-0.4, -0.2) is 40.1 Å². The topological polar surface area (TPSA) is 43.3 Å². The lowest BCUT2D eigenvalue weighted by molar-refractivity contribution is 0.341. The molecular formula is C21H26N2O3. The summed E-state index contributed by atoms with van der Waals surface area (Å²) in [6.45, 7) is 4.67. The Kier molecular flexibility index (Phi) is 6.00. The second-order valence-corrected chi connectivity index (χ2v) is 6.12. The summed E-state index contributed by atoms with van der Waals surface area (Å²) in [7, 11) is 3.38. The molecular weight excluding hydrogens is 328 g/mol. The van der Waals surface area contributed by atoms with Gasteiger partial charge in [0.05, 0.1) is 26.5 Å². The normalized spacial score (nSPS) is 14.0. The van der Waals surface area contributed by atoms with Crippen molar-refractivity contribution in [3.8, 4) is 17.2 Å². The van der Waals surface area contributed by atoms with Gasteiger partial charge in [0.25, 0.3) is 0 Å². The van der Waals surface area contributed by atoms with Gasteiger partial charge in [0.2, 0.25) is 0 Å². The number of aliphatic imine (C=N–C) groups is 1. The molecule has 5 nitrogen and oxygen atoms in total. The number of ether oxygens (including phenoxy) is 3. The summed E-state index contributed by atoms with van der Waals surface area (Å²) in [5.41, 5.74) is 2.74. The third-order valence-electron chi connectivity index (χ3n) is 4.49. The Bertz CT molecular complexity index is 768. The molecule has 1 saturated heterocycles. The summed E-state index contributed by atoms with van der Waals surface area (Å²) in [4.78, 5) is 6.95. The predicted molar refractivity (Wildman–Crippen MR) is 106 cm³/mol. The zero-order valence-electron chi connectivity index (χ0n) is 15.7. The maximum atomic E-state index is 5.64. The Balaban J connectivity index is 1.94. The lowest BCUT2D eigenvalue weighted by Gasteiger charge is -2.22. The van der Waals surface area contributed by atoms with E-state index in [0.717, 1.165) is 47.3 Å². The van der Waals surface area contributed by atoms with Crippen molar-refractivity contribution in [3.63, 3.8) is 0 Å².